The lowest BCUT2D eigenvalue weighted by molar-refractivity contribution is 0.103. The molecule has 1 N–H and O–H groups in total. The summed E-state index contributed by atoms with van der Waals surface area (Å²) in [5.41, 5.74) is 4.50. The molecule has 0 saturated carbocycles. The molecule has 3 nitrogen and oxygen atoms in total. The zero-order chi connectivity index (χ0) is 17.4. The lowest BCUT2D eigenvalue weighted by Gasteiger charge is -2.15. The number of thiophene rings is 1. The maximum Gasteiger partial charge on any atom is 0.265 e. The monoisotopic (exact) mass is 367 g/mol. The smallest absolute Gasteiger partial charge is 0.265 e. The van der Waals surface area contributed by atoms with Crippen LogP contribution in [0.15, 0.2) is 53.4 Å². The van der Waals surface area contributed by atoms with Crippen molar-refractivity contribution in [3.05, 3.63) is 64.5 Å². The Labute approximate surface area is 155 Å². The molecule has 25 heavy (non-hydrogen) atoms. The summed E-state index contributed by atoms with van der Waals surface area (Å²) in [4.78, 5) is 15.9. The van der Waals surface area contributed by atoms with Gasteiger partial charge in [0.1, 0.15) is 5.75 Å². The van der Waals surface area contributed by atoms with Crippen molar-refractivity contribution in [2.45, 2.75) is 17.6 Å². The second-order valence-corrected chi connectivity index (χ2v) is 8.01. The van der Waals surface area contributed by atoms with Crippen molar-refractivity contribution in [3.8, 4) is 16.2 Å². The van der Waals surface area contributed by atoms with Gasteiger partial charge in [0.15, 0.2) is 0 Å². The standard InChI is InChI=1S/C20H17NO2S2/c1-12-3-8-17-16(9-12)19-13(11-24-17)10-18(25-19)20(22)21-14-4-6-15(23-2)7-5-14/h3-10H,11H2,1-2H3,(H,21,22). The number of amides is 1. The van der Waals surface area contributed by atoms with Crippen LogP contribution in [0.4, 0.5) is 5.69 Å². The SMILES string of the molecule is COc1ccc(NC(=O)c2cc3c(s2)-c2cc(C)ccc2SC3)cc1. The number of carbonyl (C=O) groups is 1. The summed E-state index contributed by atoms with van der Waals surface area (Å²) in [7, 11) is 1.63. The molecule has 0 unspecified atom stereocenters. The molecule has 0 atom stereocenters. The number of nitrogens with one attached hydrogen (secondary N) is 1. The summed E-state index contributed by atoms with van der Waals surface area (Å²) in [5.74, 6) is 1.62. The van der Waals surface area contributed by atoms with Crippen LogP contribution in [0.25, 0.3) is 10.4 Å². The van der Waals surface area contributed by atoms with Crippen LogP contribution >= 0.6 is 23.1 Å². The summed E-state index contributed by atoms with van der Waals surface area (Å²) in [6.45, 7) is 2.10. The van der Waals surface area contributed by atoms with Crippen LogP contribution in [0.1, 0.15) is 20.8 Å². The molecule has 1 aliphatic rings. The van der Waals surface area contributed by atoms with Gasteiger partial charge in [0.05, 0.1) is 12.0 Å². The van der Waals surface area contributed by atoms with Gasteiger partial charge >= 0.3 is 0 Å². The van der Waals surface area contributed by atoms with Crippen molar-refractivity contribution in [2.75, 3.05) is 12.4 Å². The predicted molar refractivity (Wildman–Crippen MR) is 105 cm³/mol. The first-order valence-electron chi connectivity index (χ1n) is 7.96. The van der Waals surface area contributed by atoms with E-state index in [0.29, 0.717) is 0 Å². The zero-order valence-electron chi connectivity index (χ0n) is 14.0. The zero-order valence-corrected chi connectivity index (χ0v) is 15.6. The Morgan fingerprint density at radius 2 is 1.92 bits per heavy atom. The van der Waals surface area contributed by atoms with Gasteiger partial charge in [0.2, 0.25) is 0 Å². The van der Waals surface area contributed by atoms with Gasteiger partial charge in [-0.25, -0.2) is 0 Å². The summed E-state index contributed by atoms with van der Waals surface area (Å²) < 4.78 is 5.14. The molecule has 0 aliphatic carbocycles. The van der Waals surface area contributed by atoms with Crippen LogP contribution in [0.2, 0.25) is 0 Å². The van der Waals surface area contributed by atoms with Crippen molar-refractivity contribution in [1.82, 2.24) is 0 Å². The topological polar surface area (TPSA) is 38.3 Å². The summed E-state index contributed by atoms with van der Waals surface area (Å²) in [6.07, 6.45) is 0. The predicted octanol–water partition coefficient (Wildman–Crippen LogP) is 5.59. The Kier molecular flexibility index (Phi) is 4.27. The second kappa shape index (κ2) is 6.58. The molecule has 126 valence electrons. The first kappa shape index (κ1) is 16.2. The van der Waals surface area contributed by atoms with Crippen LogP contribution in [0.3, 0.4) is 0 Å². The number of anilines is 1. The fraction of sp³-hybridized carbons (Fsp3) is 0.150. The van der Waals surface area contributed by atoms with Crippen LogP contribution < -0.4 is 10.1 Å². The maximum absolute atomic E-state index is 12.6. The van der Waals surface area contributed by atoms with Crippen molar-refractivity contribution in [2.24, 2.45) is 0 Å². The summed E-state index contributed by atoms with van der Waals surface area (Å²) in [5, 5.41) is 2.96. The van der Waals surface area contributed by atoms with Crippen molar-refractivity contribution < 1.29 is 9.53 Å². The van der Waals surface area contributed by atoms with E-state index >= 15 is 0 Å². The number of hydrogen-bond donors (Lipinski definition) is 1. The van der Waals surface area contributed by atoms with Gasteiger partial charge in [-0.05, 0) is 55.0 Å². The van der Waals surface area contributed by atoms with E-state index in [1.807, 2.05) is 42.1 Å². The quantitative estimate of drug-likeness (QED) is 0.656. The van der Waals surface area contributed by atoms with Crippen LogP contribution in [0.5, 0.6) is 5.75 Å². The molecular formula is C20H17NO2S2. The van der Waals surface area contributed by atoms with Gasteiger partial charge in [-0.1, -0.05) is 11.6 Å². The molecule has 1 amide bonds. The number of hydrogen-bond acceptors (Lipinski definition) is 4. The summed E-state index contributed by atoms with van der Waals surface area (Å²) in [6, 6.07) is 15.9. The molecule has 0 bridgehead atoms. The summed E-state index contributed by atoms with van der Waals surface area (Å²) >= 11 is 3.41. The molecule has 0 radical (unpaired) electrons. The van der Waals surface area contributed by atoms with Gasteiger partial charge in [0.25, 0.3) is 5.91 Å². The number of thioether (sulfide) groups is 1. The Morgan fingerprint density at radius 3 is 2.68 bits per heavy atom. The highest BCUT2D eigenvalue weighted by molar-refractivity contribution is 7.98. The third kappa shape index (κ3) is 3.17. The average Bonchev–Trinajstić information content (AvgIpc) is 3.07. The van der Waals surface area contributed by atoms with Crippen LogP contribution in [-0.4, -0.2) is 13.0 Å². The first-order chi connectivity index (χ1) is 12.1. The fourth-order valence-electron chi connectivity index (χ4n) is 2.85. The highest BCUT2D eigenvalue weighted by atomic mass is 32.2. The minimum atomic E-state index is -0.0660. The molecule has 0 fully saturated rings. The Bertz CT molecular complexity index is 945. The highest BCUT2D eigenvalue weighted by Crippen LogP contribution is 2.46. The van der Waals surface area contributed by atoms with Crippen LogP contribution in [0, 0.1) is 6.92 Å². The van der Waals surface area contributed by atoms with Gasteiger partial charge in [-0.3, -0.25) is 4.79 Å². The lowest BCUT2D eigenvalue weighted by atomic mass is 10.1. The van der Waals surface area contributed by atoms with E-state index in [0.717, 1.165) is 22.1 Å². The number of carbonyl (C=O) groups excluding carboxylic acids is 1. The van der Waals surface area contributed by atoms with E-state index in [2.05, 4.69) is 30.4 Å². The van der Waals surface area contributed by atoms with Gasteiger partial charge < -0.3 is 10.1 Å². The Hall–Kier alpha value is -2.24. The Balaban J connectivity index is 1.61. The van der Waals surface area contributed by atoms with Gasteiger partial charge in [0, 0.05) is 26.8 Å². The van der Waals surface area contributed by atoms with Crippen molar-refractivity contribution in [1.29, 1.82) is 0 Å². The molecule has 1 aliphatic heterocycles. The minimum Gasteiger partial charge on any atom is -0.497 e. The molecule has 3 aromatic rings. The number of aryl methyl sites for hydroxylation is 1. The lowest BCUT2D eigenvalue weighted by Crippen LogP contribution is -2.09. The second-order valence-electron chi connectivity index (χ2n) is 5.94. The molecule has 5 heteroatoms. The van der Waals surface area contributed by atoms with Crippen molar-refractivity contribution in [3.63, 3.8) is 0 Å². The fourth-order valence-corrected chi connectivity index (χ4v) is 5.13. The van der Waals surface area contributed by atoms with E-state index < -0.39 is 0 Å². The van der Waals surface area contributed by atoms with E-state index in [4.69, 9.17) is 4.74 Å². The highest BCUT2D eigenvalue weighted by Gasteiger charge is 2.22. The molecule has 4 rings (SSSR count). The molecule has 0 saturated heterocycles. The maximum atomic E-state index is 12.6. The molecular weight excluding hydrogens is 350 g/mol. The normalized spacial score (nSPS) is 12.2. The van der Waals surface area contributed by atoms with E-state index in [1.54, 1.807) is 18.4 Å². The molecule has 1 aromatic heterocycles. The van der Waals surface area contributed by atoms with E-state index in [1.165, 1.54) is 26.5 Å². The van der Waals surface area contributed by atoms with Crippen LogP contribution in [-0.2, 0) is 5.75 Å². The molecule has 0 spiro atoms. The largest absolute Gasteiger partial charge is 0.497 e. The molecule has 2 aromatic carbocycles. The number of ether oxygens (including phenoxy) is 1. The minimum absolute atomic E-state index is 0.0660. The number of fused-ring (bicyclic) bond motifs is 3. The van der Waals surface area contributed by atoms with Gasteiger partial charge in [-0.2, -0.15) is 0 Å². The van der Waals surface area contributed by atoms with E-state index in [-0.39, 0.29) is 5.91 Å². The Morgan fingerprint density at radius 1 is 1.12 bits per heavy atom. The number of benzene rings is 2. The van der Waals surface area contributed by atoms with E-state index in [9.17, 15) is 4.79 Å². The number of rotatable bonds is 3. The third-order valence-corrected chi connectivity index (χ3v) is 6.48. The van der Waals surface area contributed by atoms with Crippen molar-refractivity contribution >= 4 is 34.7 Å². The number of methoxy groups -OCH3 is 1. The third-order valence-electron chi connectivity index (χ3n) is 4.14. The van der Waals surface area contributed by atoms with Gasteiger partial charge in [-0.15, -0.1) is 23.1 Å². The molecule has 2 heterocycles. The first-order valence-corrected chi connectivity index (χ1v) is 9.76. The average molecular weight is 367 g/mol.